The van der Waals surface area contributed by atoms with Gasteiger partial charge in [-0.3, -0.25) is 0 Å². The molecule has 2 rings (SSSR count). The molecule has 3 heteroatoms. The van der Waals surface area contributed by atoms with Gasteiger partial charge >= 0.3 is 0 Å². The Morgan fingerprint density at radius 2 is 2.23 bits per heavy atom. The van der Waals surface area contributed by atoms with Gasteiger partial charge in [-0.15, -0.1) is 0 Å². The van der Waals surface area contributed by atoms with Crippen LogP contribution in [0.1, 0.15) is 32.6 Å². The molecule has 3 atom stereocenters. The van der Waals surface area contributed by atoms with E-state index >= 15 is 0 Å². The minimum Gasteiger partial charge on any atom is -0.367 e. The maximum absolute atomic E-state index is 9.16. The van der Waals surface area contributed by atoms with Gasteiger partial charge in [-0.25, -0.2) is 0 Å². The molecule has 1 aliphatic carbocycles. The second kappa shape index (κ2) is 3.56. The van der Waals surface area contributed by atoms with Crippen LogP contribution in [0.4, 0.5) is 0 Å². The van der Waals surface area contributed by atoms with Crippen molar-refractivity contribution in [2.75, 3.05) is 13.2 Å². The number of aliphatic hydroxyl groups excluding tert-OH is 1. The first-order chi connectivity index (χ1) is 6.23. The molecule has 0 aromatic rings. The summed E-state index contributed by atoms with van der Waals surface area (Å²) in [6.07, 6.45) is 4.12. The van der Waals surface area contributed by atoms with Gasteiger partial charge in [0, 0.05) is 0 Å². The van der Waals surface area contributed by atoms with E-state index < -0.39 is 6.29 Å². The summed E-state index contributed by atoms with van der Waals surface area (Å²) >= 11 is 0. The first-order valence-corrected chi connectivity index (χ1v) is 5.17. The van der Waals surface area contributed by atoms with Crippen LogP contribution < -0.4 is 0 Å². The van der Waals surface area contributed by atoms with Crippen LogP contribution in [-0.2, 0) is 9.47 Å². The van der Waals surface area contributed by atoms with Gasteiger partial charge in [0.1, 0.15) is 0 Å². The minimum atomic E-state index is -0.709. The molecule has 0 amide bonds. The Morgan fingerprint density at radius 3 is 2.85 bits per heavy atom. The predicted molar refractivity (Wildman–Crippen MR) is 48.3 cm³/mol. The maximum Gasteiger partial charge on any atom is 0.178 e. The maximum atomic E-state index is 9.16. The van der Waals surface area contributed by atoms with E-state index in [0.29, 0.717) is 19.1 Å². The first-order valence-electron chi connectivity index (χ1n) is 5.17. The van der Waals surface area contributed by atoms with E-state index in [2.05, 4.69) is 6.92 Å². The summed E-state index contributed by atoms with van der Waals surface area (Å²) in [5.41, 5.74) is -0.0858. The summed E-state index contributed by atoms with van der Waals surface area (Å²) in [6.45, 7) is 3.12. The molecule has 2 fully saturated rings. The molecule has 0 aromatic heterocycles. The summed E-state index contributed by atoms with van der Waals surface area (Å²) in [4.78, 5) is 0. The molecule has 1 aliphatic heterocycles. The largest absolute Gasteiger partial charge is 0.367 e. The van der Waals surface area contributed by atoms with Gasteiger partial charge in [0.25, 0.3) is 0 Å². The van der Waals surface area contributed by atoms with Gasteiger partial charge in [-0.1, -0.05) is 19.8 Å². The predicted octanol–water partition coefficient (Wildman–Crippen LogP) is 1.30. The van der Waals surface area contributed by atoms with Crippen molar-refractivity contribution in [1.82, 2.24) is 0 Å². The molecule has 1 heterocycles. The van der Waals surface area contributed by atoms with Crippen LogP contribution in [0.25, 0.3) is 0 Å². The molecule has 2 aliphatic rings. The lowest BCUT2D eigenvalue weighted by atomic mass is 9.76. The van der Waals surface area contributed by atoms with E-state index in [0.717, 1.165) is 6.42 Å². The van der Waals surface area contributed by atoms with E-state index in [1.165, 1.54) is 19.3 Å². The quantitative estimate of drug-likeness (QED) is 0.619. The molecule has 1 saturated carbocycles. The molecule has 0 bridgehead atoms. The highest BCUT2D eigenvalue weighted by Gasteiger charge is 2.42. The molecule has 3 nitrogen and oxygen atoms in total. The Balaban J connectivity index is 2.01. The third-order valence-corrected chi connectivity index (χ3v) is 3.42. The van der Waals surface area contributed by atoms with E-state index in [9.17, 15) is 0 Å². The zero-order valence-electron chi connectivity index (χ0n) is 8.16. The Bertz CT molecular complexity index is 173. The number of aliphatic hydroxyl groups is 1. The van der Waals surface area contributed by atoms with Crippen LogP contribution in [0.5, 0.6) is 0 Å². The van der Waals surface area contributed by atoms with E-state index in [4.69, 9.17) is 14.6 Å². The Labute approximate surface area is 79.0 Å². The Morgan fingerprint density at radius 1 is 1.38 bits per heavy atom. The van der Waals surface area contributed by atoms with Gasteiger partial charge in [-0.2, -0.15) is 0 Å². The molecule has 0 aromatic carbocycles. The molecular formula is C10H18O3. The van der Waals surface area contributed by atoms with Crippen LogP contribution in [0.2, 0.25) is 0 Å². The van der Waals surface area contributed by atoms with Crippen LogP contribution in [0.15, 0.2) is 0 Å². The van der Waals surface area contributed by atoms with Gasteiger partial charge in [0.2, 0.25) is 0 Å². The van der Waals surface area contributed by atoms with Crippen LogP contribution in [0.3, 0.4) is 0 Å². The average molecular weight is 186 g/mol. The monoisotopic (exact) mass is 186 g/mol. The van der Waals surface area contributed by atoms with Crippen molar-refractivity contribution in [2.45, 2.75) is 44.5 Å². The lowest BCUT2D eigenvalue weighted by molar-refractivity contribution is -0.270. The molecular weight excluding hydrogens is 168 g/mol. The van der Waals surface area contributed by atoms with Crippen molar-refractivity contribution in [2.24, 2.45) is 5.92 Å². The average Bonchev–Trinajstić information content (AvgIpc) is 2.15. The summed E-state index contributed by atoms with van der Waals surface area (Å²) in [6, 6.07) is 0. The third kappa shape index (κ3) is 1.73. The van der Waals surface area contributed by atoms with Crippen LogP contribution in [-0.4, -0.2) is 30.2 Å². The smallest absolute Gasteiger partial charge is 0.178 e. The molecule has 1 N–H and O–H groups in total. The fourth-order valence-corrected chi connectivity index (χ4v) is 2.38. The van der Waals surface area contributed by atoms with Crippen LogP contribution >= 0.6 is 0 Å². The van der Waals surface area contributed by atoms with Crippen molar-refractivity contribution < 1.29 is 14.6 Å². The standard InChI is InChI=1S/C10H18O3/c1-8-4-2-3-5-10(8)7-12-9(11)6-13-10/h8-9,11H,2-7H2,1H3/t8-,9+,10+/m1/s1. The van der Waals surface area contributed by atoms with Gasteiger partial charge in [-0.05, 0) is 18.8 Å². The first kappa shape index (κ1) is 9.44. The molecule has 0 radical (unpaired) electrons. The van der Waals surface area contributed by atoms with Crippen molar-refractivity contribution in [3.8, 4) is 0 Å². The van der Waals surface area contributed by atoms with Crippen molar-refractivity contribution in [1.29, 1.82) is 0 Å². The molecule has 1 spiro atoms. The number of hydrogen-bond donors (Lipinski definition) is 1. The van der Waals surface area contributed by atoms with E-state index in [-0.39, 0.29) is 5.60 Å². The number of rotatable bonds is 0. The minimum absolute atomic E-state index is 0.0858. The van der Waals surface area contributed by atoms with Gasteiger partial charge in [0.05, 0.1) is 18.8 Å². The Hall–Kier alpha value is -0.120. The van der Waals surface area contributed by atoms with E-state index in [1.807, 2.05) is 0 Å². The van der Waals surface area contributed by atoms with Gasteiger partial charge < -0.3 is 14.6 Å². The fraction of sp³-hybridized carbons (Fsp3) is 1.00. The highest BCUT2D eigenvalue weighted by Crippen LogP contribution is 2.38. The topological polar surface area (TPSA) is 38.7 Å². The molecule has 0 unspecified atom stereocenters. The number of ether oxygens (including phenoxy) is 2. The lowest BCUT2D eigenvalue weighted by Crippen LogP contribution is -2.52. The van der Waals surface area contributed by atoms with Crippen molar-refractivity contribution in [3.05, 3.63) is 0 Å². The highest BCUT2D eigenvalue weighted by atomic mass is 16.7. The van der Waals surface area contributed by atoms with Crippen molar-refractivity contribution >= 4 is 0 Å². The lowest BCUT2D eigenvalue weighted by Gasteiger charge is -2.45. The third-order valence-electron chi connectivity index (χ3n) is 3.42. The second-order valence-electron chi connectivity index (χ2n) is 4.29. The fourth-order valence-electron chi connectivity index (χ4n) is 2.38. The summed E-state index contributed by atoms with van der Waals surface area (Å²) < 4.78 is 11.0. The molecule has 76 valence electrons. The second-order valence-corrected chi connectivity index (χ2v) is 4.29. The zero-order chi connectivity index (χ0) is 9.31. The summed E-state index contributed by atoms with van der Waals surface area (Å²) in [7, 11) is 0. The summed E-state index contributed by atoms with van der Waals surface area (Å²) in [5, 5.41) is 9.16. The molecule has 1 saturated heterocycles. The van der Waals surface area contributed by atoms with E-state index in [1.54, 1.807) is 0 Å². The Kier molecular flexibility index (Phi) is 2.58. The molecule has 13 heavy (non-hydrogen) atoms. The van der Waals surface area contributed by atoms with Crippen molar-refractivity contribution in [3.63, 3.8) is 0 Å². The highest BCUT2D eigenvalue weighted by molar-refractivity contribution is 4.91. The van der Waals surface area contributed by atoms with Crippen LogP contribution in [0, 0.1) is 5.92 Å². The zero-order valence-corrected chi connectivity index (χ0v) is 8.16. The SMILES string of the molecule is C[C@@H]1CCCC[C@]12CO[C@H](O)CO2. The number of hydrogen-bond acceptors (Lipinski definition) is 3. The van der Waals surface area contributed by atoms with Gasteiger partial charge in [0.15, 0.2) is 6.29 Å². The summed E-state index contributed by atoms with van der Waals surface area (Å²) in [5.74, 6) is 0.564. The normalized spacial score (nSPS) is 46.6.